The molecule has 2 aliphatic rings. The Balaban J connectivity index is 1.64. The van der Waals surface area contributed by atoms with Gasteiger partial charge in [-0.05, 0) is 25.7 Å². The van der Waals surface area contributed by atoms with Crippen molar-refractivity contribution < 1.29 is 9.59 Å². The summed E-state index contributed by atoms with van der Waals surface area (Å²) in [5.74, 6) is -0.286. The average molecular weight is 282 g/mol. The molecule has 2 fully saturated rings. The molecule has 0 aromatic heterocycles. The number of urea groups is 1. The van der Waals surface area contributed by atoms with Crippen LogP contribution in [0.4, 0.5) is 4.79 Å². The lowest BCUT2D eigenvalue weighted by Gasteiger charge is -2.32. The number of nitrogens with two attached hydrogens (primary N) is 1. The number of rotatable bonds is 4. The Morgan fingerprint density at radius 3 is 2.05 bits per heavy atom. The molecule has 1 aliphatic heterocycles. The molecule has 3 amide bonds. The van der Waals surface area contributed by atoms with E-state index in [2.05, 4.69) is 10.6 Å². The SMILES string of the molecule is NC(=O)CN1CCC(NC(=O)NC2CCCCC2)CC1. The number of carbonyl (C=O) groups is 2. The fraction of sp³-hybridized carbons (Fsp3) is 0.857. The van der Waals surface area contributed by atoms with Gasteiger partial charge >= 0.3 is 6.03 Å². The molecule has 20 heavy (non-hydrogen) atoms. The lowest BCUT2D eigenvalue weighted by atomic mass is 9.96. The van der Waals surface area contributed by atoms with Crippen molar-refractivity contribution in [2.45, 2.75) is 57.0 Å². The van der Waals surface area contributed by atoms with Crippen molar-refractivity contribution in [1.82, 2.24) is 15.5 Å². The zero-order chi connectivity index (χ0) is 14.4. The maximum atomic E-state index is 11.9. The van der Waals surface area contributed by atoms with Crippen LogP contribution in [0, 0.1) is 0 Å². The number of hydrogen-bond acceptors (Lipinski definition) is 3. The lowest BCUT2D eigenvalue weighted by Crippen LogP contribution is -2.51. The Bertz CT molecular complexity index is 334. The van der Waals surface area contributed by atoms with Crippen molar-refractivity contribution in [1.29, 1.82) is 0 Å². The molecular weight excluding hydrogens is 256 g/mol. The highest BCUT2D eigenvalue weighted by Gasteiger charge is 2.22. The first-order valence-corrected chi connectivity index (χ1v) is 7.71. The number of hydrogen-bond donors (Lipinski definition) is 3. The molecule has 0 radical (unpaired) electrons. The number of carbonyl (C=O) groups excluding carboxylic acids is 2. The second-order valence-corrected chi connectivity index (χ2v) is 5.97. The van der Waals surface area contributed by atoms with Gasteiger partial charge in [0.1, 0.15) is 0 Å². The molecule has 0 aromatic rings. The molecule has 1 heterocycles. The molecule has 0 bridgehead atoms. The summed E-state index contributed by atoms with van der Waals surface area (Å²) < 4.78 is 0. The number of primary amides is 1. The van der Waals surface area contributed by atoms with Gasteiger partial charge in [0.2, 0.25) is 5.91 Å². The second-order valence-electron chi connectivity index (χ2n) is 5.97. The Hall–Kier alpha value is -1.30. The smallest absolute Gasteiger partial charge is 0.315 e. The first kappa shape index (κ1) is 15.1. The minimum atomic E-state index is -0.286. The van der Waals surface area contributed by atoms with Crippen LogP contribution in [0.15, 0.2) is 0 Å². The maximum absolute atomic E-state index is 11.9. The number of likely N-dealkylation sites (tertiary alicyclic amines) is 1. The Morgan fingerprint density at radius 1 is 0.950 bits per heavy atom. The van der Waals surface area contributed by atoms with Crippen molar-refractivity contribution in [3.63, 3.8) is 0 Å². The lowest BCUT2D eigenvalue weighted by molar-refractivity contribution is -0.119. The first-order chi connectivity index (χ1) is 9.63. The van der Waals surface area contributed by atoms with E-state index in [0.29, 0.717) is 12.6 Å². The van der Waals surface area contributed by atoms with Gasteiger partial charge in [-0.1, -0.05) is 19.3 Å². The molecule has 4 N–H and O–H groups in total. The molecule has 1 saturated heterocycles. The van der Waals surface area contributed by atoms with E-state index < -0.39 is 0 Å². The van der Waals surface area contributed by atoms with Gasteiger partial charge in [-0.3, -0.25) is 9.69 Å². The van der Waals surface area contributed by atoms with Crippen molar-refractivity contribution in [2.75, 3.05) is 19.6 Å². The van der Waals surface area contributed by atoms with Crippen LogP contribution in [0.5, 0.6) is 0 Å². The molecular formula is C14H26N4O2. The van der Waals surface area contributed by atoms with Gasteiger partial charge in [-0.15, -0.1) is 0 Å². The van der Waals surface area contributed by atoms with Gasteiger partial charge < -0.3 is 16.4 Å². The van der Waals surface area contributed by atoms with Crippen molar-refractivity contribution in [3.8, 4) is 0 Å². The van der Waals surface area contributed by atoms with Crippen LogP contribution in [0.1, 0.15) is 44.9 Å². The van der Waals surface area contributed by atoms with Crippen LogP contribution in [0.2, 0.25) is 0 Å². The first-order valence-electron chi connectivity index (χ1n) is 7.71. The molecule has 0 unspecified atom stereocenters. The summed E-state index contributed by atoms with van der Waals surface area (Å²) in [5, 5.41) is 6.12. The van der Waals surface area contributed by atoms with E-state index in [0.717, 1.165) is 38.8 Å². The normalized spacial score (nSPS) is 22.4. The number of nitrogens with one attached hydrogen (secondary N) is 2. The fourth-order valence-corrected chi connectivity index (χ4v) is 3.12. The summed E-state index contributed by atoms with van der Waals surface area (Å²) in [5.41, 5.74) is 5.18. The van der Waals surface area contributed by atoms with Gasteiger partial charge in [0, 0.05) is 25.2 Å². The Morgan fingerprint density at radius 2 is 1.50 bits per heavy atom. The monoisotopic (exact) mass is 282 g/mol. The average Bonchev–Trinajstić information content (AvgIpc) is 2.41. The molecule has 0 spiro atoms. The minimum Gasteiger partial charge on any atom is -0.369 e. The third-order valence-corrected chi connectivity index (χ3v) is 4.24. The van der Waals surface area contributed by atoms with Gasteiger partial charge in [0.05, 0.1) is 6.54 Å². The van der Waals surface area contributed by atoms with Crippen LogP contribution >= 0.6 is 0 Å². The highest BCUT2D eigenvalue weighted by atomic mass is 16.2. The summed E-state index contributed by atoms with van der Waals surface area (Å²) in [6.07, 6.45) is 7.69. The van der Waals surface area contributed by atoms with Gasteiger partial charge in [0.15, 0.2) is 0 Å². The number of nitrogens with zero attached hydrogens (tertiary/aromatic N) is 1. The summed E-state index contributed by atoms with van der Waals surface area (Å²) in [6.45, 7) is 1.95. The van der Waals surface area contributed by atoms with E-state index in [9.17, 15) is 9.59 Å². The van der Waals surface area contributed by atoms with Gasteiger partial charge in [-0.25, -0.2) is 4.79 Å². The van der Waals surface area contributed by atoms with Crippen LogP contribution in [0.3, 0.4) is 0 Å². The highest BCUT2D eigenvalue weighted by molar-refractivity contribution is 5.76. The number of amides is 3. The highest BCUT2D eigenvalue weighted by Crippen LogP contribution is 2.17. The molecule has 114 valence electrons. The Kier molecular flexibility index (Phi) is 5.64. The topological polar surface area (TPSA) is 87.5 Å². The molecule has 1 aliphatic carbocycles. The third kappa shape index (κ3) is 5.00. The summed E-state index contributed by atoms with van der Waals surface area (Å²) in [6, 6.07) is 0.520. The van der Waals surface area contributed by atoms with Crippen LogP contribution in [0.25, 0.3) is 0 Å². The largest absolute Gasteiger partial charge is 0.369 e. The Labute approximate surface area is 120 Å². The molecule has 1 saturated carbocycles. The van der Waals surface area contributed by atoms with Crippen LogP contribution < -0.4 is 16.4 Å². The van der Waals surface area contributed by atoms with E-state index in [4.69, 9.17) is 5.73 Å². The standard InChI is InChI=1S/C14H26N4O2/c15-13(19)10-18-8-6-12(7-9-18)17-14(20)16-11-4-2-1-3-5-11/h11-12H,1-10H2,(H2,15,19)(H2,16,17,20). The quantitative estimate of drug-likeness (QED) is 0.704. The van der Waals surface area contributed by atoms with E-state index in [1.165, 1.54) is 19.3 Å². The van der Waals surface area contributed by atoms with Gasteiger partial charge in [0.25, 0.3) is 0 Å². The summed E-state index contributed by atoms with van der Waals surface area (Å²) in [4.78, 5) is 24.8. The zero-order valence-corrected chi connectivity index (χ0v) is 12.1. The predicted molar refractivity (Wildman–Crippen MR) is 77.2 cm³/mol. The zero-order valence-electron chi connectivity index (χ0n) is 12.1. The van der Waals surface area contributed by atoms with E-state index >= 15 is 0 Å². The predicted octanol–water partition coefficient (Wildman–Crippen LogP) is 0.568. The molecule has 6 nitrogen and oxygen atoms in total. The van der Waals surface area contributed by atoms with E-state index in [1.807, 2.05) is 4.90 Å². The van der Waals surface area contributed by atoms with Crippen molar-refractivity contribution >= 4 is 11.9 Å². The van der Waals surface area contributed by atoms with E-state index in [1.54, 1.807) is 0 Å². The third-order valence-electron chi connectivity index (χ3n) is 4.24. The van der Waals surface area contributed by atoms with Crippen molar-refractivity contribution in [3.05, 3.63) is 0 Å². The molecule has 2 rings (SSSR count). The molecule has 6 heteroatoms. The summed E-state index contributed by atoms with van der Waals surface area (Å²) >= 11 is 0. The number of piperidine rings is 1. The minimum absolute atomic E-state index is 0.0368. The van der Waals surface area contributed by atoms with Crippen LogP contribution in [-0.2, 0) is 4.79 Å². The maximum Gasteiger partial charge on any atom is 0.315 e. The second kappa shape index (κ2) is 7.47. The van der Waals surface area contributed by atoms with Gasteiger partial charge in [-0.2, -0.15) is 0 Å². The van der Waals surface area contributed by atoms with Crippen LogP contribution in [-0.4, -0.2) is 48.6 Å². The molecule has 0 atom stereocenters. The summed E-state index contributed by atoms with van der Waals surface area (Å²) in [7, 11) is 0. The van der Waals surface area contributed by atoms with Crippen molar-refractivity contribution in [2.24, 2.45) is 5.73 Å². The van der Waals surface area contributed by atoms with E-state index in [-0.39, 0.29) is 18.0 Å². The molecule has 0 aromatic carbocycles. The fourth-order valence-electron chi connectivity index (χ4n) is 3.12.